The van der Waals surface area contributed by atoms with Gasteiger partial charge in [-0.1, -0.05) is 12.1 Å². The van der Waals surface area contributed by atoms with E-state index >= 15 is 0 Å². The van der Waals surface area contributed by atoms with Crippen LogP contribution in [0.25, 0.3) is 10.9 Å². The number of rotatable bonds is 4. The quantitative estimate of drug-likeness (QED) is 0.893. The van der Waals surface area contributed by atoms with Crippen LogP contribution in [0.1, 0.15) is 12.0 Å². The van der Waals surface area contributed by atoms with Gasteiger partial charge in [0.15, 0.2) is 0 Å². The zero-order valence-electron chi connectivity index (χ0n) is 10.4. The summed E-state index contributed by atoms with van der Waals surface area (Å²) in [5, 5.41) is 4.54. The molecule has 3 nitrogen and oxygen atoms in total. The number of aromatic nitrogens is 1. The molecule has 0 bridgehead atoms. The molecule has 0 radical (unpaired) electrons. The van der Waals surface area contributed by atoms with Crippen LogP contribution in [0.5, 0.6) is 0 Å². The number of fused-ring (bicyclic) bond motifs is 1. The van der Waals surface area contributed by atoms with Crippen LogP contribution in [-0.4, -0.2) is 24.7 Å². The first-order valence-corrected chi connectivity index (χ1v) is 6.54. The molecule has 1 aliphatic rings. The molecular weight excluding hydrogens is 224 g/mol. The van der Waals surface area contributed by atoms with Gasteiger partial charge >= 0.3 is 0 Å². The molecule has 0 saturated carbocycles. The largest absolute Gasteiger partial charge is 0.376 e. The normalized spacial score (nSPS) is 19.4. The van der Waals surface area contributed by atoms with Gasteiger partial charge < -0.3 is 10.1 Å². The number of nitrogens with zero attached hydrogens (tertiary/aromatic N) is 1. The minimum absolute atomic E-state index is 0.687. The number of hydrogen-bond donors (Lipinski definition) is 1. The molecule has 1 unspecified atom stereocenters. The number of benzene rings is 1. The number of ether oxygens (including phenoxy) is 1. The molecule has 1 aromatic heterocycles. The fraction of sp³-hybridized carbons (Fsp3) is 0.400. The van der Waals surface area contributed by atoms with E-state index in [2.05, 4.69) is 34.6 Å². The number of hydrogen-bond acceptors (Lipinski definition) is 3. The van der Waals surface area contributed by atoms with Crippen LogP contribution in [0.4, 0.5) is 0 Å². The molecule has 1 atom stereocenters. The lowest BCUT2D eigenvalue weighted by molar-refractivity contribution is 0.0925. The van der Waals surface area contributed by atoms with Crippen molar-refractivity contribution >= 4 is 10.9 Å². The van der Waals surface area contributed by atoms with E-state index in [1.807, 2.05) is 12.3 Å². The molecule has 94 valence electrons. The summed E-state index contributed by atoms with van der Waals surface area (Å²) in [6.07, 6.45) is 3.06. The van der Waals surface area contributed by atoms with E-state index in [1.165, 1.54) is 17.4 Å². The molecule has 2 aromatic rings. The Bertz CT molecular complexity index is 521. The van der Waals surface area contributed by atoms with E-state index in [-0.39, 0.29) is 0 Å². The van der Waals surface area contributed by atoms with Crippen LogP contribution in [-0.2, 0) is 11.3 Å². The minimum Gasteiger partial charge on any atom is -0.376 e. The zero-order valence-corrected chi connectivity index (χ0v) is 10.4. The van der Waals surface area contributed by atoms with Crippen LogP contribution >= 0.6 is 0 Å². The second kappa shape index (κ2) is 5.46. The second-order valence-corrected chi connectivity index (χ2v) is 4.90. The highest BCUT2D eigenvalue weighted by molar-refractivity contribution is 5.78. The zero-order chi connectivity index (χ0) is 12.2. The summed E-state index contributed by atoms with van der Waals surface area (Å²) in [4.78, 5) is 4.32. The van der Waals surface area contributed by atoms with Gasteiger partial charge in [0.05, 0.1) is 18.7 Å². The van der Waals surface area contributed by atoms with E-state index in [0.29, 0.717) is 12.5 Å². The van der Waals surface area contributed by atoms with E-state index < -0.39 is 0 Å². The molecule has 0 aliphatic carbocycles. The highest BCUT2D eigenvalue weighted by Gasteiger charge is 2.13. The molecule has 1 N–H and O–H groups in total. The predicted octanol–water partition coefficient (Wildman–Crippen LogP) is 2.36. The smallest absolute Gasteiger partial charge is 0.0717 e. The van der Waals surface area contributed by atoms with Crippen molar-refractivity contribution in [3.8, 4) is 0 Å². The lowest BCUT2D eigenvalue weighted by Gasteiger charge is -2.09. The average molecular weight is 242 g/mol. The molecule has 18 heavy (non-hydrogen) atoms. The first-order chi connectivity index (χ1) is 8.92. The molecule has 3 rings (SSSR count). The SMILES string of the molecule is c1cnc2ccc(COCC3CCNC3)cc2c1. The molecule has 1 saturated heterocycles. The maximum Gasteiger partial charge on any atom is 0.0717 e. The van der Waals surface area contributed by atoms with Gasteiger partial charge in [0, 0.05) is 18.1 Å². The Balaban J connectivity index is 1.60. The van der Waals surface area contributed by atoms with Crippen molar-refractivity contribution in [3.63, 3.8) is 0 Å². The third kappa shape index (κ3) is 2.68. The van der Waals surface area contributed by atoms with Crippen LogP contribution < -0.4 is 5.32 Å². The Labute approximate surface area is 107 Å². The lowest BCUT2D eigenvalue weighted by Crippen LogP contribution is -2.13. The highest BCUT2D eigenvalue weighted by Crippen LogP contribution is 2.15. The number of pyridine rings is 1. The van der Waals surface area contributed by atoms with Gasteiger partial charge in [-0.25, -0.2) is 0 Å². The van der Waals surface area contributed by atoms with Gasteiger partial charge in [-0.3, -0.25) is 4.98 Å². The van der Waals surface area contributed by atoms with Gasteiger partial charge in [0.25, 0.3) is 0 Å². The molecule has 0 amide bonds. The molecule has 3 heteroatoms. The Morgan fingerprint density at radius 1 is 1.33 bits per heavy atom. The fourth-order valence-corrected chi connectivity index (χ4v) is 2.42. The summed E-state index contributed by atoms with van der Waals surface area (Å²) < 4.78 is 5.79. The number of nitrogens with one attached hydrogen (secondary N) is 1. The van der Waals surface area contributed by atoms with E-state index in [4.69, 9.17) is 4.74 Å². The summed E-state index contributed by atoms with van der Waals surface area (Å²) >= 11 is 0. The first-order valence-electron chi connectivity index (χ1n) is 6.54. The van der Waals surface area contributed by atoms with Crippen molar-refractivity contribution in [1.29, 1.82) is 0 Å². The molecule has 1 fully saturated rings. The Kier molecular flexibility index (Phi) is 3.53. The topological polar surface area (TPSA) is 34.1 Å². The van der Waals surface area contributed by atoms with Gasteiger partial charge in [0.1, 0.15) is 0 Å². The van der Waals surface area contributed by atoms with Gasteiger partial charge in [-0.2, -0.15) is 0 Å². The third-order valence-corrected chi connectivity index (χ3v) is 3.45. The first kappa shape index (κ1) is 11.6. The average Bonchev–Trinajstić information content (AvgIpc) is 2.92. The molecule has 2 heterocycles. The second-order valence-electron chi connectivity index (χ2n) is 4.90. The van der Waals surface area contributed by atoms with E-state index in [9.17, 15) is 0 Å². The highest BCUT2D eigenvalue weighted by atomic mass is 16.5. The van der Waals surface area contributed by atoms with Gasteiger partial charge in [0.2, 0.25) is 0 Å². The fourth-order valence-electron chi connectivity index (χ4n) is 2.42. The van der Waals surface area contributed by atoms with Crippen LogP contribution in [0.15, 0.2) is 36.5 Å². The monoisotopic (exact) mass is 242 g/mol. The maximum absolute atomic E-state index is 5.79. The summed E-state index contributed by atoms with van der Waals surface area (Å²) in [6.45, 7) is 3.79. The van der Waals surface area contributed by atoms with Crippen molar-refractivity contribution in [2.45, 2.75) is 13.0 Å². The summed E-state index contributed by atoms with van der Waals surface area (Å²) in [5.41, 5.74) is 2.27. The van der Waals surface area contributed by atoms with Crippen LogP contribution in [0.3, 0.4) is 0 Å². The molecule has 1 aliphatic heterocycles. The van der Waals surface area contributed by atoms with Gasteiger partial charge in [-0.15, -0.1) is 0 Å². The van der Waals surface area contributed by atoms with E-state index in [1.54, 1.807) is 0 Å². The molecule has 1 aromatic carbocycles. The van der Waals surface area contributed by atoms with Crippen molar-refractivity contribution in [2.24, 2.45) is 5.92 Å². The van der Waals surface area contributed by atoms with Gasteiger partial charge in [-0.05, 0) is 42.6 Å². The lowest BCUT2D eigenvalue weighted by atomic mass is 10.1. The third-order valence-electron chi connectivity index (χ3n) is 3.45. The summed E-state index contributed by atoms with van der Waals surface area (Å²) in [6, 6.07) is 10.4. The molecule has 0 spiro atoms. The standard InChI is InChI=1S/C15H18N2O/c1-2-14-8-12(3-4-15(14)17-6-1)10-18-11-13-5-7-16-9-13/h1-4,6,8,13,16H,5,7,9-11H2. The maximum atomic E-state index is 5.79. The summed E-state index contributed by atoms with van der Waals surface area (Å²) in [5.74, 6) is 0.687. The van der Waals surface area contributed by atoms with Crippen molar-refractivity contribution in [1.82, 2.24) is 10.3 Å². The Morgan fingerprint density at radius 3 is 3.22 bits per heavy atom. The van der Waals surface area contributed by atoms with Crippen molar-refractivity contribution < 1.29 is 4.74 Å². The summed E-state index contributed by atoms with van der Waals surface area (Å²) in [7, 11) is 0. The predicted molar refractivity (Wildman–Crippen MR) is 72.4 cm³/mol. The molecular formula is C15H18N2O. The van der Waals surface area contributed by atoms with E-state index in [0.717, 1.165) is 25.2 Å². The minimum atomic E-state index is 0.687. The van der Waals surface area contributed by atoms with Crippen molar-refractivity contribution in [3.05, 3.63) is 42.1 Å². The Morgan fingerprint density at radius 2 is 2.33 bits per heavy atom. The van der Waals surface area contributed by atoms with Crippen LogP contribution in [0, 0.1) is 5.92 Å². The van der Waals surface area contributed by atoms with Crippen molar-refractivity contribution in [2.75, 3.05) is 19.7 Å². The van der Waals surface area contributed by atoms with Crippen LogP contribution in [0.2, 0.25) is 0 Å². The Hall–Kier alpha value is -1.45.